The zero-order chi connectivity index (χ0) is 20.1. The highest BCUT2D eigenvalue weighted by atomic mass is 16.2. The van der Waals surface area contributed by atoms with Gasteiger partial charge in [0.2, 0.25) is 11.8 Å². The maximum absolute atomic E-state index is 12.6. The predicted molar refractivity (Wildman–Crippen MR) is 109 cm³/mol. The first-order chi connectivity index (χ1) is 13.4. The molecule has 0 saturated carbocycles. The van der Waals surface area contributed by atoms with Crippen LogP contribution in [0.2, 0.25) is 0 Å². The van der Waals surface area contributed by atoms with Crippen LogP contribution in [-0.4, -0.2) is 35.6 Å². The van der Waals surface area contributed by atoms with Crippen LogP contribution in [0.5, 0.6) is 0 Å². The standard InChI is InChI=1S/C23H26N2O3/c1-16-5-3-4-6-20(16)15-22(27)25-13-11-19(12-14-25)23(28)24-21-9-7-18(8-10-21)17(2)26/h3-10,19H,11-15H2,1-2H3,(H,24,28). The third kappa shape index (κ3) is 4.85. The molecule has 1 N–H and O–H groups in total. The number of aryl methyl sites for hydroxylation is 1. The highest BCUT2D eigenvalue weighted by Gasteiger charge is 2.27. The molecular formula is C23H26N2O3. The minimum atomic E-state index is -0.102. The van der Waals surface area contributed by atoms with E-state index in [0.717, 1.165) is 11.1 Å². The molecule has 2 aromatic rings. The molecule has 0 unspecified atom stereocenters. The van der Waals surface area contributed by atoms with Gasteiger partial charge < -0.3 is 10.2 Å². The van der Waals surface area contributed by atoms with Crippen molar-refractivity contribution in [3.8, 4) is 0 Å². The zero-order valence-electron chi connectivity index (χ0n) is 16.4. The van der Waals surface area contributed by atoms with Crippen LogP contribution in [-0.2, 0) is 16.0 Å². The van der Waals surface area contributed by atoms with E-state index in [9.17, 15) is 14.4 Å². The lowest BCUT2D eigenvalue weighted by Crippen LogP contribution is -2.42. The third-order valence-corrected chi connectivity index (χ3v) is 5.38. The minimum absolute atomic E-state index is 0.000567. The number of amides is 2. The van der Waals surface area contributed by atoms with Gasteiger partial charge in [0.25, 0.3) is 0 Å². The molecule has 28 heavy (non-hydrogen) atoms. The van der Waals surface area contributed by atoms with Gasteiger partial charge in [0, 0.05) is 30.3 Å². The molecule has 3 rings (SSSR count). The van der Waals surface area contributed by atoms with Crippen molar-refractivity contribution in [2.75, 3.05) is 18.4 Å². The van der Waals surface area contributed by atoms with Crippen molar-refractivity contribution in [3.63, 3.8) is 0 Å². The summed E-state index contributed by atoms with van der Waals surface area (Å²) < 4.78 is 0. The van der Waals surface area contributed by atoms with Gasteiger partial charge in [-0.1, -0.05) is 24.3 Å². The minimum Gasteiger partial charge on any atom is -0.342 e. The van der Waals surface area contributed by atoms with Crippen molar-refractivity contribution in [3.05, 3.63) is 65.2 Å². The van der Waals surface area contributed by atoms with Gasteiger partial charge in [0.15, 0.2) is 5.78 Å². The first kappa shape index (κ1) is 19.8. The fourth-order valence-corrected chi connectivity index (χ4v) is 3.51. The predicted octanol–water partition coefficient (Wildman–Crippen LogP) is 3.62. The molecule has 0 atom stereocenters. The number of carbonyl (C=O) groups is 3. The lowest BCUT2D eigenvalue weighted by molar-refractivity contribution is -0.133. The van der Waals surface area contributed by atoms with Gasteiger partial charge in [-0.3, -0.25) is 14.4 Å². The van der Waals surface area contributed by atoms with Crippen LogP contribution in [0.15, 0.2) is 48.5 Å². The molecule has 1 saturated heterocycles. The summed E-state index contributed by atoms with van der Waals surface area (Å²) in [6.45, 7) is 4.74. The smallest absolute Gasteiger partial charge is 0.227 e. The quantitative estimate of drug-likeness (QED) is 0.808. The van der Waals surface area contributed by atoms with Gasteiger partial charge in [-0.25, -0.2) is 0 Å². The number of likely N-dealkylation sites (tertiary alicyclic amines) is 1. The van der Waals surface area contributed by atoms with E-state index < -0.39 is 0 Å². The maximum atomic E-state index is 12.6. The summed E-state index contributed by atoms with van der Waals surface area (Å²) in [5.74, 6) is -0.00911. The summed E-state index contributed by atoms with van der Waals surface area (Å²) in [5, 5.41) is 2.92. The summed E-state index contributed by atoms with van der Waals surface area (Å²) in [4.78, 5) is 38.3. The number of Topliss-reactive ketones (excluding diaryl/α,β-unsaturated/α-hetero) is 1. The zero-order valence-corrected chi connectivity index (χ0v) is 16.4. The highest BCUT2D eigenvalue weighted by Crippen LogP contribution is 2.21. The van der Waals surface area contributed by atoms with Gasteiger partial charge in [-0.2, -0.15) is 0 Å². The molecule has 5 nitrogen and oxygen atoms in total. The van der Waals surface area contributed by atoms with E-state index in [1.54, 1.807) is 24.3 Å². The molecule has 0 radical (unpaired) electrons. The van der Waals surface area contributed by atoms with Crippen LogP contribution in [0.25, 0.3) is 0 Å². The second-order valence-corrected chi connectivity index (χ2v) is 7.38. The summed E-state index contributed by atoms with van der Waals surface area (Å²) in [6, 6.07) is 14.9. The number of nitrogens with one attached hydrogen (secondary N) is 1. The molecule has 0 aliphatic carbocycles. The summed E-state index contributed by atoms with van der Waals surface area (Å²) in [6.07, 6.45) is 1.74. The molecule has 1 aliphatic rings. The normalized spacial score (nSPS) is 14.6. The fourth-order valence-electron chi connectivity index (χ4n) is 3.51. The Hall–Kier alpha value is -2.95. The Bertz CT molecular complexity index is 866. The Morgan fingerprint density at radius 1 is 1.00 bits per heavy atom. The number of ketones is 1. The number of hydrogen-bond donors (Lipinski definition) is 1. The Morgan fingerprint density at radius 3 is 2.25 bits per heavy atom. The molecule has 5 heteroatoms. The highest BCUT2D eigenvalue weighted by molar-refractivity contribution is 5.96. The van der Waals surface area contributed by atoms with Crippen molar-refractivity contribution in [1.82, 2.24) is 4.90 Å². The molecule has 1 heterocycles. The van der Waals surface area contributed by atoms with Crippen molar-refractivity contribution in [1.29, 1.82) is 0 Å². The second-order valence-electron chi connectivity index (χ2n) is 7.38. The molecule has 1 aliphatic heterocycles. The lowest BCUT2D eigenvalue weighted by Gasteiger charge is -2.31. The average Bonchev–Trinajstić information content (AvgIpc) is 2.70. The topological polar surface area (TPSA) is 66.5 Å². The van der Waals surface area contributed by atoms with Crippen LogP contribution in [0.4, 0.5) is 5.69 Å². The van der Waals surface area contributed by atoms with Crippen molar-refractivity contribution >= 4 is 23.3 Å². The summed E-state index contributed by atoms with van der Waals surface area (Å²) >= 11 is 0. The lowest BCUT2D eigenvalue weighted by atomic mass is 9.95. The number of nitrogens with zero attached hydrogens (tertiary/aromatic N) is 1. The van der Waals surface area contributed by atoms with Crippen molar-refractivity contribution < 1.29 is 14.4 Å². The SMILES string of the molecule is CC(=O)c1ccc(NC(=O)C2CCN(C(=O)Cc3ccccc3C)CC2)cc1. The average molecular weight is 378 g/mol. The first-order valence-corrected chi connectivity index (χ1v) is 9.68. The van der Waals surface area contributed by atoms with Crippen molar-refractivity contribution in [2.45, 2.75) is 33.1 Å². The van der Waals surface area contributed by atoms with E-state index in [0.29, 0.717) is 43.6 Å². The second kappa shape index (κ2) is 8.83. The van der Waals surface area contributed by atoms with Crippen LogP contribution in [0, 0.1) is 12.8 Å². The molecular weight excluding hydrogens is 352 g/mol. The number of hydrogen-bond acceptors (Lipinski definition) is 3. The van der Waals surface area contributed by atoms with Crippen LogP contribution < -0.4 is 5.32 Å². The van der Waals surface area contributed by atoms with E-state index >= 15 is 0 Å². The molecule has 2 aromatic carbocycles. The fraction of sp³-hybridized carbons (Fsp3) is 0.348. The van der Waals surface area contributed by atoms with Crippen LogP contribution in [0.3, 0.4) is 0 Å². The number of carbonyl (C=O) groups excluding carboxylic acids is 3. The Kier molecular flexibility index (Phi) is 6.24. The summed E-state index contributed by atoms with van der Waals surface area (Å²) in [7, 11) is 0. The van der Waals surface area contributed by atoms with Gasteiger partial charge in [-0.15, -0.1) is 0 Å². The third-order valence-electron chi connectivity index (χ3n) is 5.38. The number of piperidine rings is 1. The van der Waals surface area contributed by atoms with Crippen LogP contribution in [0.1, 0.15) is 41.3 Å². The molecule has 2 amide bonds. The molecule has 0 bridgehead atoms. The van der Waals surface area contributed by atoms with E-state index in [1.165, 1.54) is 6.92 Å². The van der Waals surface area contributed by atoms with Gasteiger partial charge in [0.1, 0.15) is 0 Å². The Morgan fingerprint density at radius 2 is 1.64 bits per heavy atom. The first-order valence-electron chi connectivity index (χ1n) is 9.68. The Balaban J connectivity index is 1.50. The molecule has 0 spiro atoms. The van der Waals surface area contributed by atoms with E-state index in [4.69, 9.17) is 0 Å². The molecule has 146 valence electrons. The van der Waals surface area contributed by atoms with E-state index in [2.05, 4.69) is 5.32 Å². The van der Waals surface area contributed by atoms with Gasteiger partial charge in [-0.05, 0) is 62.1 Å². The summed E-state index contributed by atoms with van der Waals surface area (Å²) in [5.41, 5.74) is 3.49. The van der Waals surface area contributed by atoms with Gasteiger partial charge >= 0.3 is 0 Å². The monoisotopic (exact) mass is 378 g/mol. The molecule has 0 aromatic heterocycles. The Labute approximate surface area is 165 Å². The number of rotatable bonds is 5. The van der Waals surface area contributed by atoms with E-state index in [-0.39, 0.29) is 23.5 Å². The number of anilines is 1. The molecule has 1 fully saturated rings. The van der Waals surface area contributed by atoms with Gasteiger partial charge in [0.05, 0.1) is 6.42 Å². The number of benzene rings is 2. The van der Waals surface area contributed by atoms with E-state index in [1.807, 2.05) is 36.1 Å². The van der Waals surface area contributed by atoms with Crippen LogP contribution >= 0.6 is 0 Å². The largest absolute Gasteiger partial charge is 0.342 e. The maximum Gasteiger partial charge on any atom is 0.227 e. The van der Waals surface area contributed by atoms with Crippen molar-refractivity contribution in [2.24, 2.45) is 5.92 Å².